The summed E-state index contributed by atoms with van der Waals surface area (Å²) in [7, 11) is 1.58. The summed E-state index contributed by atoms with van der Waals surface area (Å²) in [6, 6.07) is 13.1. The Balaban J connectivity index is 1.70. The van der Waals surface area contributed by atoms with Crippen LogP contribution in [0.5, 0.6) is 5.75 Å². The topological polar surface area (TPSA) is 71.6 Å². The van der Waals surface area contributed by atoms with E-state index in [1.54, 1.807) is 36.3 Å². The molecule has 2 heterocycles. The Morgan fingerprint density at radius 3 is 2.74 bits per heavy atom. The van der Waals surface area contributed by atoms with Crippen molar-refractivity contribution in [2.45, 2.75) is 39.3 Å². The van der Waals surface area contributed by atoms with Crippen LogP contribution in [0.25, 0.3) is 10.9 Å². The van der Waals surface area contributed by atoms with E-state index in [0.29, 0.717) is 30.0 Å². The van der Waals surface area contributed by atoms with Crippen LogP contribution in [0, 0.1) is 13.8 Å². The summed E-state index contributed by atoms with van der Waals surface area (Å²) in [6.45, 7) is 5.37. The highest BCUT2D eigenvalue weighted by Gasteiger charge is 2.25. The number of pyridine rings is 1. The molecule has 2 aromatic carbocycles. The molecule has 1 saturated heterocycles. The van der Waals surface area contributed by atoms with E-state index in [0.717, 1.165) is 34.9 Å². The molecule has 1 N–H and O–H groups in total. The fourth-order valence-electron chi connectivity index (χ4n) is 4.13. The van der Waals surface area contributed by atoms with Gasteiger partial charge in [0, 0.05) is 29.7 Å². The van der Waals surface area contributed by atoms with Crippen LogP contribution in [0.4, 0.5) is 0 Å². The molecule has 6 heteroatoms. The monoisotopic (exact) mass is 420 g/mol. The van der Waals surface area contributed by atoms with Crippen LogP contribution < -0.4 is 10.3 Å². The summed E-state index contributed by atoms with van der Waals surface area (Å²) in [6.07, 6.45) is 1.88. The Morgan fingerprint density at radius 2 is 2.00 bits per heavy atom. The van der Waals surface area contributed by atoms with Crippen LogP contribution >= 0.6 is 0 Å². The van der Waals surface area contributed by atoms with Gasteiger partial charge in [0.25, 0.3) is 11.5 Å². The van der Waals surface area contributed by atoms with Gasteiger partial charge in [-0.05, 0) is 62.1 Å². The maximum absolute atomic E-state index is 13.4. The van der Waals surface area contributed by atoms with Gasteiger partial charge in [-0.2, -0.15) is 0 Å². The Hall–Kier alpha value is -3.12. The molecular formula is C25H28N2O4. The average molecular weight is 421 g/mol. The van der Waals surface area contributed by atoms with Gasteiger partial charge in [-0.25, -0.2) is 0 Å². The van der Waals surface area contributed by atoms with E-state index >= 15 is 0 Å². The fourth-order valence-corrected chi connectivity index (χ4v) is 4.13. The highest BCUT2D eigenvalue weighted by molar-refractivity contribution is 5.94. The number of aromatic amines is 1. The number of carbonyl (C=O) groups is 1. The molecular weight excluding hydrogens is 392 g/mol. The molecule has 1 fully saturated rings. The molecule has 0 unspecified atom stereocenters. The van der Waals surface area contributed by atoms with E-state index in [9.17, 15) is 9.59 Å². The van der Waals surface area contributed by atoms with E-state index in [1.165, 1.54) is 0 Å². The number of nitrogens with zero attached hydrogens (tertiary/aromatic N) is 1. The van der Waals surface area contributed by atoms with Crippen LogP contribution in [-0.4, -0.2) is 42.2 Å². The first-order valence-electron chi connectivity index (χ1n) is 10.6. The fraction of sp³-hybridized carbons (Fsp3) is 0.360. The second-order valence-electron chi connectivity index (χ2n) is 8.16. The van der Waals surface area contributed by atoms with Gasteiger partial charge in [0.05, 0.1) is 25.3 Å². The highest BCUT2D eigenvalue weighted by Crippen LogP contribution is 2.22. The van der Waals surface area contributed by atoms with Gasteiger partial charge in [-0.1, -0.05) is 18.2 Å². The van der Waals surface area contributed by atoms with Crippen molar-refractivity contribution in [3.05, 3.63) is 75.1 Å². The first-order chi connectivity index (χ1) is 15.0. The molecule has 0 aliphatic carbocycles. The molecule has 1 aliphatic rings. The van der Waals surface area contributed by atoms with Gasteiger partial charge >= 0.3 is 0 Å². The molecule has 162 valence electrons. The molecule has 6 nitrogen and oxygen atoms in total. The van der Waals surface area contributed by atoms with Crippen LogP contribution in [0.3, 0.4) is 0 Å². The number of methoxy groups -OCH3 is 1. The minimum atomic E-state index is -0.169. The number of amides is 1. The van der Waals surface area contributed by atoms with E-state index < -0.39 is 0 Å². The lowest BCUT2D eigenvalue weighted by Crippen LogP contribution is -2.38. The third-order valence-electron chi connectivity index (χ3n) is 5.93. The SMILES string of the molecule is COc1cccc(C(=O)N(Cc2cc3c(C)ccc(C)c3[nH]c2=O)C[C@@H]2CCCO2)c1. The predicted molar refractivity (Wildman–Crippen MR) is 121 cm³/mol. The van der Waals surface area contributed by atoms with Crippen molar-refractivity contribution in [1.82, 2.24) is 9.88 Å². The molecule has 0 saturated carbocycles. The van der Waals surface area contributed by atoms with E-state index in [4.69, 9.17) is 9.47 Å². The summed E-state index contributed by atoms with van der Waals surface area (Å²) in [5.41, 5.74) is 3.88. The number of aryl methyl sites for hydroxylation is 2. The molecule has 4 rings (SSSR count). The number of aromatic nitrogens is 1. The van der Waals surface area contributed by atoms with Crippen molar-refractivity contribution in [2.24, 2.45) is 0 Å². The van der Waals surface area contributed by atoms with Gasteiger partial charge in [-0.3, -0.25) is 9.59 Å². The molecule has 3 aromatic rings. The normalized spacial score (nSPS) is 15.9. The van der Waals surface area contributed by atoms with E-state index in [-0.39, 0.29) is 24.1 Å². The maximum Gasteiger partial charge on any atom is 0.254 e. The number of hydrogen-bond donors (Lipinski definition) is 1. The lowest BCUT2D eigenvalue weighted by Gasteiger charge is -2.26. The number of fused-ring (bicyclic) bond motifs is 1. The standard InChI is InChI=1S/C25H28N2O4/c1-16-9-10-17(2)23-22(16)13-19(24(28)26-23)14-27(15-21-8-5-11-31-21)25(29)18-6-4-7-20(12-18)30-3/h4,6-7,9-10,12-13,21H,5,8,11,14-15H2,1-3H3,(H,26,28)/t21-/m0/s1. The summed E-state index contributed by atoms with van der Waals surface area (Å²) >= 11 is 0. The average Bonchev–Trinajstić information content (AvgIpc) is 3.29. The van der Waals surface area contributed by atoms with Crippen molar-refractivity contribution in [3.63, 3.8) is 0 Å². The van der Waals surface area contributed by atoms with Gasteiger partial charge in [0.2, 0.25) is 0 Å². The van der Waals surface area contributed by atoms with Crippen LogP contribution in [0.2, 0.25) is 0 Å². The molecule has 0 bridgehead atoms. The number of ether oxygens (including phenoxy) is 2. The number of nitrogens with one attached hydrogen (secondary N) is 1. The second kappa shape index (κ2) is 8.94. The van der Waals surface area contributed by atoms with Gasteiger partial charge < -0.3 is 19.4 Å². The zero-order chi connectivity index (χ0) is 22.0. The van der Waals surface area contributed by atoms with Crippen molar-refractivity contribution in [3.8, 4) is 5.75 Å². The maximum atomic E-state index is 13.4. The molecule has 1 atom stereocenters. The van der Waals surface area contributed by atoms with Crippen molar-refractivity contribution >= 4 is 16.8 Å². The van der Waals surface area contributed by atoms with Crippen molar-refractivity contribution < 1.29 is 14.3 Å². The zero-order valence-electron chi connectivity index (χ0n) is 18.2. The lowest BCUT2D eigenvalue weighted by atomic mass is 10.0. The summed E-state index contributed by atoms with van der Waals surface area (Å²) in [5.74, 6) is 0.479. The second-order valence-corrected chi connectivity index (χ2v) is 8.16. The minimum Gasteiger partial charge on any atom is -0.497 e. The van der Waals surface area contributed by atoms with Gasteiger partial charge in [-0.15, -0.1) is 0 Å². The molecule has 1 amide bonds. The summed E-state index contributed by atoms with van der Waals surface area (Å²) < 4.78 is 11.1. The number of H-pyrrole nitrogens is 1. The number of carbonyl (C=O) groups excluding carboxylic acids is 1. The van der Waals surface area contributed by atoms with Crippen LogP contribution in [-0.2, 0) is 11.3 Å². The third kappa shape index (κ3) is 4.49. The molecule has 0 spiro atoms. The summed E-state index contributed by atoms with van der Waals surface area (Å²) in [4.78, 5) is 31.0. The first-order valence-corrected chi connectivity index (χ1v) is 10.6. The Labute approximate surface area is 181 Å². The molecule has 1 aliphatic heterocycles. The number of benzene rings is 2. The largest absolute Gasteiger partial charge is 0.497 e. The Bertz CT molecular complexity index is 1160. The predicted octanol–water partition coefficient (Wildman–Crippen LogP) is 3.97. The molecule has 1 aromatic heterocycles. The van der Waals surface area contributed by atoms with Crippen LogP contribution in [0.1, 0.15) is 39.9 Å². The quantitative estimate of drug-likeness (QED) is 0.655. The molecule has 0 radical (unpaired) electrons. The van der Waals surface area contributed by atoms with Crippen molar-refractivity contribution in [1.29, 1.82) is 0 Å². The Morgan fingerprint density at radius 1 is 1.19 bits per heavy atom. The van der Waals surface area contributed by atoms with Crippen LogP contribution in [0.15, 0.2) is 47.3 Å². The number of hydrogen-bond acceptors (Lipinski definition) is 4. The minimum absolute atomic E-state index is 0.0157. The van der Waals surface area contributed by atoms with E-state index in [1.807, 2.05) is 32.0 Å². The van der Waals surface area contributed by atoms with E-state index in [2.05, 4.69) is 4.98 Å². The van der Waals surface area contributed by atoms with Crippen molar-refractivity contribution in [2.75, 3.05) is 20.3 Å². The number of rotatable bonds is 6. The molecule has 31 heavy (non-hydrogen) atoms. The first kappa shape index (κ1) is 21.1. The smallest absolute Gasteiger partial charge is 0.254 e. The third-order valence-corrected chi connectivity index (χ3v) is 5.93. The lowest BCUT2D eigenvalue weighted by molar-refractivity contribution is 0.0506. The highest BCUT2D eigenvalue weighted by atomic mass is 16.5. The zero-order valence-corrected chi connectivity index (χ0v) is 18.2. The Kier molecular flexibility index (Phi) is 6.09. The summed E-state index contributed by atoms with van der Waals surface area (Å²) in [5, 5.41) is 1.00. The van der Waals surface area contributed by atoms with Gasteiger partial charge in [0.1, 0.15) is 5.75 Å². The van der Waals surface area contributed by atoms with Gasteiger partial charge in [0.15, 0.2) is 0 Å².